The first kappa shape index (κ1) is 8.70. The number of alkyl halides is 1. The highest BCUT2D eigenvalue weighted by Crippen LogP contribution is 2.46. The molecule has 0 amide bonds. The second kappa shape index (κ2) is 3.11. The van der Waals surface area contributed by atoms with Crippen LogP contribution in [0.4, 0.5) is 4.39 Å². The molecule has 2 heteroatoms. The molecule has 0 aromatic heterocycles. The minimum Gasteiger partial charge on any atom is -0.310 e. The molecule has 0 unspecified atom stereocenters. The zero-order chi connectivity index (χ0) is 9.31. The highest BCUT2D eigenvalue weighted by molar-refractivity contribution is 5.37. The first-order valence-corrected chi connectivity index (χ1v) is 4.66. The van der Waals surface area contributed by atoms with Crippen LogP contribution in [0.3, 0.4) is 0 Å². The van der Waals surface area contributed by atoms with Crippen molar-refractivity contribution >= 4 is 0 Å². The molecule has 1 aromatic rings. The standard InChI is InChI=1S/C11H14FN/c1-13-11(6-7-11)10-5-3-2-4-9(10)8-12/h2-5,13H,6-8H2,1H3. The molecule has 1 nitrogen and oxygen atoms in total. The van der Waals surface area contributed by atoms with E-state index in [1.54, 1.807) is 0 Å². The maximum atomic E-state index is 12.7. The summed E-state index contributed by atoms with van der Waals surface area (Å²) in [7, 11) is 1.95. The summed E-state index contributed by atoms with van der Waals surface area (Å²) in [5, 5.41) is 3.28. The summed E-state index contributed by atoms with van der Waals surface area (Å²) in [6.45, 7) is -0.362. The quantitative estimate of drug-likeness (QED) is 0.751. The topological polar surface area (TPSA) is 12.0 Å². The first-order chi connectivity index (χ1) is 6.32. The molecular formula is C11H14FN. The van der Waals surface area contributed by atoms with Gasteiger partial charge in [0.25, 0.3) is 0 Å². The fourth-order valence-corrected chi connectivity index (χ4v) is 1.88. The molecule has 2 rings (SSSR count). The van der Waals surface area contributed by atoms with Gasteiger partial charge in [-0.2, -0.15) is 0 Å². The molecule has 1 N–H and O–H groups in total. The largest absolute Gasteiger partial charge is 0.310 e. The van der Waals surface area contributed by atoms with Gasteiger partial charge in [0, 0.05) is 5.54 Å². The average molecular weight is 179 g/mol. The zero-order valence-electron chi connectivity index (χ0n) is 7.81. The van der Waals surface area contributed by atoms with E-state index < -0.39 is 0 Å². The maximum absolute atomic E-state index is 12.7. The van der Waals surface area contributed by atoms with E-state index in [4.69, 9.17) is 0 Å². The summed E-state index contributed by atoms with van der Waals surface area (Å²) >= 11 is 0. The van der Waals surface area contributed by atoms with E-state index in [9.17, 15) is 4.39 Å². The van der Waals surface area contributed by atoms with Gasteiger partial charge in [0.05, 0.1) is 0 Å². The Bertz CT molecular complexity index is 305. The fraction of sp³-hybridized carbons (Fsp3) is 0.455. The monoisotopic (exact) mass is 179 g/mol. The lowest BCUT2D eigenvalue weighted by Crippen LogP contribution is -2.25. The van der Waals surface area contributed by atoms with E-state index in [1.165, 1.54) is 0 Å². The Labute approximate surface area is 78.0 Å². The molecule has 1 aliphatic carbocycles. The molecule has 0 spiro atoms. The molecule has 1 saturated carbocycles. The molecule has 0 atom stereocenters. The highest BCUT2D eigenvalue weighted by atomic mass is 19.1. The van der Waals surface area contributed by atoms with Crippen LogP contribution in [0.5, 0.6) is 0 Å². The van der Waals surface area contributed by atoms with Gasteiger partial charge in [-0.05, 0) is 31.0 Å². The lowest BCUT2D eigenvalue weighted by atomic mass is 9.99. The molecule has 0 saturated heterocycles. The predicted octanol–water partition coefficient (Wildman–Crippen LogP) is 2.36. The van der Waals surface area contributed by atoms with E-state index in [2.05, 4.69) is 5.32 Å². The Morgan fingerprint density at radius 1 is 1.38 bits per heavy atom. The van der Waals surface area contributed by atoms with Gasteiger partial charge < -0.3 is 5.32 Å². The van der Waals surface area contributed by atoms with Crippen LogP contribution in [0, 0.1) is 0 Å². The van der Waals surface area contributed by atoms with Gasteiger partial charge in [-0.3, -0.25) is 0 Å². The van der Waals surface area contributed by atoms with Crippen LogP contribution in [0.25, 0.3) is 0 Å². The van der Waals surface area contributed by atoms with Gasteiger partial charge in [0.2, 0.25) is 0 Å². The second-order valence-electron chi connectivity index (χ2n) is 3.62. The van der Waals surface area contributed by atoms with Crippen LogP contribution >= 0.6 is 0 Å². The van der Waals surface area contributed by atoms with Crippen molar-refractivity contribution in [2.45, 2.75) is 25.1 Å². The smallest absolute Gasteiger partial charge is 0.115 e. The maximum Gasteiger partial charge on any atom is 0.115 e. The number of hydrogen-bond acceptors (Lipinski definition) is 1. The van der Waals surface area contributed by atoms with E-state index in [0.717, 1.165) is 24.0 Å². The van der Waals surface area contributed by atoms with Gasteiger partial charge in [-0.25, -0.2) is 4.39 Å². The van der Waals surface area contributed by atoms with Gasteiger partial charge in [0.15, 0.2) is 0 Å². The first-order valence-electron chi connectivity index (χ1n) is 4.66. The van der Waals surface area contributed by atoms with E-state index >= 15 is 0 Å². The second-order valence-corrected chi connectivity index (χ2v) is 3.62. The molecule has 13 heavy (non-hydrogen) atoms. The van der Waals surface area contributed by atoms with E-state index in [-0.39, 0.29) is 12.2 Å². The molecule has 0 bridgehead atoms. The lowest BCUT2D eigenvalue weighted by molar-refractivity contribution is 0.472. The number of nitrogens with one attached hydrogen (secondary N) is 1. The third-order valence-electron chi connectivity index (χ3n) is 2.91. The Balaban J connectivity index is 2.39. The van der Waals surface area contributed by atoms with E-state index in [1.807, 2.05) is 31.3 Å². The number of benzene rings is 1. The van der Waals surface area contributed by atoms with Crippen molar-refractivity contribution in [1.29, 1.82) is 0 Å². The fourth-order valence-electron chi connectivity index (χ4n) is 1.88. The molecule has 0 aliphatic heterocycles. The minimum atomic E-state index is -0.362. The van der Waals surface area contributed by atoms with Crippen molar-refractivity contribution in [1.82, 2.24) is 5.32 Å². The lowest BCUT2D eigenvalue weighted by Gasteiger charge is -2.17. The Hall–Kier alpha value is -0.890. The SMILES string of the molecule is CNC1(c2ccccc2CF)CC1. The summed E-state index contributed by atoms with van der Waals surface area (Å²) in [4.78, 5) is 0. The molecule has 70 valence electrons. The molecule has 0 radical (unpaired) electrons. The Morgan fingerprint density at radius 3 is 2.62 bits per heavy atom. The van der Waals surface area contributed by atoms with Crippen molar-refractivity contribution in [3.8, 4) is 0 Å². The molecule has 1 fully saturated rings. The minimum absolute atomic E-state index is 0.0860. The average Bonchev–Trinajstić information content (AvgIpc) is 2.98. The molecular weight excluding hydrogens is 165 g/mol. The summed E-state index contributed by atoms with van der Waals surface area (Å²) < 4.78 is 12.7. The summed E-state index contributed by atoms with van der Waals surface area (Å²) in [6, 6.07) is 7.77. The van der Waals surface area contributed by atoms with Crippen LogP contribution in [-0.4, -0.2) is 7.05 Å². The molecule has 0 heterocycles. The molecule has 1 aliphatic rings. The van der Waals surface area contributed by atoms with Crippen LogP contribution in [-0.2, 0) is 12.2 Å². The predicted molar refractivity (Wildman–Crippen MR) is 51.2 cm³/mol. The summed E-state index contributed by atoms with van der Waals surface area (Å²) in [5.74, 6) is 0. The number of halogens is 1. The van der Waals surface area contributed by atoms with Crippen LogP contribution < -0.4 is 5.32 Å². The van der Waals surface area contributed by atoms with Crippen LogP contribution in [0.15, 0.2) is 24.3 Å². The third kappa shape index (κ3) is 1.35. The molecule has 1 aromatic carbocycles. The van der Waals surface area contributed by atoms with Crippen molar-refractivity contribution in [3.05, 3.63) is 35.4 Å². The zero-order valence-corrected chi connectivity index (χ0v) is 7.81. The van der Waals surface area contributed by atoms with Crippen molar-refractivity contribution < 1.29 is 4.39 Å². The normalized spacial score (nSPS) is 18.6. The van der Waals surface area contributed by atoms with Crippen molar-refractivity contribution in [3.63, 3.8) is 0 Å². The summed E-state index contributed by atoms with van der Waals surface area (Å²) in [5.41, 5.74) is 2.05. The van der Waals surface area contributed by atoms with Gasteiger partial charge in [-0.15, -0.1) is 0 Å². The highest BCUT2D eigenvalue weighted by Gasteiger charge is 2.43. The number of rotatable bonds is 3. The van der Waals surface area contributed by atoms with Gasteiger partial charge >= 0.3 is 0 Å². The van der Waals surface area contributed by atoms with Crippen LogP contribution in [0.2, 0.25) is 0 Å². The van der Waals surface area contributed by atoms with Gasteiger partial charge in [0.1, 0.15) is 6.67 Å². The summed E-state index contributed by atoms with van der Waals surface area (Å²) in [6.07, 6.45) is 2.25. The van der Waals surface area contributed by atoms with Gasteiger partial charge in [-0.1, -0.05) is 24.3 Å². The van der Waals surface area contributed by atoms with E-state index in [0.29, 0.717) is 0 Å². The van der Waals surface area contributed by atoms with Crippen molar-refractivity contribution in [2.75, 3.05) is 7.05 Å². The number of hydrogen-bond donors (Lipinski definition) is 1. The van der Waals surface area contributed by atoms with Crippen molar-refractivity contribution in [2.24, 2.45) is 0 Å². The Kier molecular flexibility index (Phi) is 2.08. The Morgan fingerprint density at radius 2 is 2.08 bits per heavy atom. The third-order valence-corrected chi connectivity index (χ3v) is 2.91. The van der Waals surface area contributed by atoms with Crippen LogP contribution in [0.1, 0.15) is 24.0 Å².